The molecule has 0 unspecified atom stereocenters. The van der Waals surface area contributed by atoms with Gasteiger partial charge in [-0.05, 0) is 37.0 Å². The number of esters is 1. The van der Waals surface area contributed by atoms with Crippen LogP contribution in [0.15, 0.2) is 41.3 Å². The number of carbonyl (C=O) groups is 1. The standard InChI is InChI=1S/C24H36N2O2/c1-3-5-7-8-9-10-11-13-21-14-12-15-22(19-21)26-18-17-25-23(20-26)28-24(27)16-6-4-2/h12,14-15,17,19-20H,3-11,13,16,18H2,1-2H3. The number of ether oxygens (including phenoxy) is 1. The van der Waals surface area contributed by atoms with Crippen LogP contribution in [0.3, 0.4) is 0 Å². The Hall–Kier alpha value is -2.10. The number of hydrogen-bond donors (Lipinski definition) is 0. The van der Waals surface area contributed by atoms with Gasteiger partial charge in [0.1, 0.15) is 0 Å². The lowest BCUT2D eigenvalue weighted by Crippen LogP contribution is -2.23. The van der Waals surface area contributed by atoms with Crippen molar-refractivity contribution >= 4 is 17.9 Å². The van der Waals surface area contributed by atoms with Gasteiger partial charge in [-0.3, -0.25) is 4.79 Å². The molecule has 0 aliphatic carbocycles. The number of carbonyl (C=O) groups excluding carboxylic acids is 1. The van der Waals surface area contributed by atoms with Crippen molar-refractivity contribution in [3.05, 3.63) is 41.9 Å². The minimum atomic E-state index is -0.209. The summed E-state index contributed by atoms with van der Waals surface area (Å²) in [5, 5.41) is 0. The number of nitrogens with zero attached hydrogens (tertiary/aromatic N) is 2. The summed E-state index contributed by atoms with van der Waals surface area (Å²) in [7, 11) is 0. The van der Waals surface area contributed by atoms with Crippen molar-refractivity contribution in [3.63, 3.8) is 0 Å². The van der Waals surface area contributed by atoms with Crippen LogP contribution in [0, 0.1) is 0 Å². The smallest absolute Gasteiger partial charge is 0.312 e. The van der Waals surface area contributed by atoms with Gasteiger partial charge in [0.15, 0.2) is 0 Å². The van der Waals surface area contributed by atoms with E-state index in [2.05, 4.69) is 48.0 Å². The molecule has 0 saturated heterocycles. The first-order valence-electron chi connectivity index (χ1n) is 11.0. The molecule has 0 bridgehead atoms. The highest BCUT2D eigenvalue weighted by molar-refractivity contribution is 5.74. The molecule has 0 saturated carbocycles. The largest absolute Gasteiger partial charge is 0.406 e. The second-order valence-corrected chi connectivity index (χ2v) is 7.55. The second-order valence-electron chi connectivity index (χ2n) is 7.55. The zero-order valence-electron chi connectivity index (χ0n) is 17.7. The fraction of sp³-hybridized carbons (Fsp3) is 0.583. The molecular formula is C24H36N2O2. The van der Waals surface area contributed by atoms with Gasteiger partial charge in [-0.1, -0.05) is 70.9 Å². The third kappa shape index (κ3) is 8.28. The van der Waals surface area contributed by atoms with E-state index in [0.717, 1.165) is 24.9 Å². The Morgan fingerprint density at radius 3 is 2.57 bits per heavy atom. The average Bonchev–Trinajstić information content (AvgIpc) is 2.72. The number of anilines is 1. The highest BCUT2D eigenvalue weighted by atomic mass is 16.5. The van der Waals surface area contributed by atoms with E-state index in [-0.39, 0.29) is 5.97 Å². The molecule has 1 aliphatic heterocycles. The maximum absolute atomic E-state index is 11.8. The van der Waals surface area contributed by atoms with Gasteiger partial charge >= 0.3 is 5.97 Å². The topological polar surface area (TPSA) is 41.9 Å². The number of aliphatic imine (C=N–C) groups is 1. The molecule has 0 aromatic heterocycles. The Morgan fingerprint density at radius 2 is 1.79 bits per heavy atom. The van der Waals surface area contributed by atoms with Crippen molar-refractivity contribution in [1.29, 1.82) is 0 Å². The van der Waals surface area contributed by atoms with Crippen molar-refractivity contribution in [2.75, 3.05) is 11.4 Å². The van der Waals surface area contributed by atoms with E-state index >= 15 is 0 Å². The van der Waals surface area contributed by atoms with Crippen molar-refractivity contribution in [3.8, 4) is 0 Å². The molecule has 4 heteroatoms. The minimum absolute atomic E-state index is 0.209. The van der Waals surface area contributed by atoms with E-state index in [1.54, 1.807) is 6.21 Å². The van der Waals surface area contributed by atoms with Crippen LogP contribution in [0.2, 0.25) is 0 Å². The molecule has 0 radical (unpaired) electrons. The molecule has 154 valence electrons. The predicted octanol–water partition coefficient (Wildman–Crippen LogP) is 6.40. The highest BCUT2D eigenvalue weighted by Gasteiger charge is 2.13. The molecule has 0 N–H and O–H groups in total. The monoisotopic (exact) mass is 384 g/mol. The molecule has 4 nitrogen and oxygen atoms in total. The summed E-state index contributed by atoms with van der Waals surface area (Å²) in [6.45, 7) is 5.01. The molecule has 2 rings (SSSR count). The van der Waals surface area contributed by atoms with E-state index in [1.807, 2.05) is 6.20 Å². The van der Waals surface area contributed by atoms with E-state index < -0.39 is 0 Å². The van der Waals surface area contributed by atoms with Gasteiger partial charge in [0.2, 0.25) is 5.88 Å². The summed E-state index contributed by atoms with van der Waals surface area (Å²) >= 11 is 0. The van der Waals surface area contributed by atoms with Crippen molar-refractivity contribution in [1.82, 2.24) is 0 Å². The molecule has 1 aromatic rings. The molecule has 1 aliphatic rings. The van der Waals surface area contributed by atoms with Gasteiger partial charge in [0.25, 0.3) is 0 Å². The van der Waals surface area contributed by atoms with Crippen LogP contribution in [0.25, 0.3) is 0 Å². The normalized spacial score (nSPS) is 13.5. The molecule has 0 spiro atoms. The lowest BCUT2D eigenvalue weighted by atomic mass is 10.0. The third-order valence-electron chi connectivity index (χ3n) is 5.03. The fourth-order valence-corrected chi connectivity index (χ4v) is 3.34. The lowest BCUT2D eigenvalue weighted by molar-refractivity contribution is -0.139. The summed E-state index contributed by atoms with van der Waals surface area (Å²) in [5.74, 6) is 0.171. The van der Waals surface area contributed by atoms with Gasteiger partial charge in [-0.2, -0.15) is 0 Å². The summed E-state index contributed by atoms with van der Waals surface area (Å²) < 4.78 is 5.38. The van der Waals surface area contributed by atoms with Crippen LogP contribution < -0.4 is 4.90 Å². The number of benzene rings is 1. The maximum atomic E-state index is 11.8. The zero-order valence-corrected chi connectivity index (χ0v) is 17.7. The van der Waals surface area contributed by atoms with E-state index in [0.29, 0.717) is 18.8 Å². The van der Waals surface area contributed by atoms with Gasteiger partial charge in [0.05, 0.1) is 12.7 Å². The van der Waals surface area contributed by atoms with Crippen LogP contribution in [-0.4, -0.2) is 18.7 Å². The summed E-state index contributed by atoms with van der Waals surface area (Å²) in [4.78, 5) is 18.1. The van der Waals surface area contributed by atoms with E-state index in [4.69, 9.17) is 4.74 Å². The summed E-state index contributed by atoms with van der Waals surface area (Å²) in [6.07, 6.45) is 16.3. The van der Waals surface area contributed by atoms with Crippen LogP contribution in [0.1, 0.15) is 83.6 Å². The maximum Gasteiger partial charge on any atom is 0.312 e. The number of unbranched alkanes of at least 4 members (excludes halogenated alkanes) is 7. The first-order chi connectivity index (χ1) is 13.7. The molecule has 0 atom stereocenters. The number of hydrogen-bond acceptors (Lipinski definition) is 4. The molecule has 1 heterocycles. The SMILES string of the molecule is CCCCCCCCCc1cccc(N2C=C(OC(=O)CCCC)N=CC2)c1. The molecule has 0 fully saturated rings. The quantitative estimate of drug-likeness (QED) is 0.292. The third-order valence-corrected chi connectivity index (χ3v) is 5.03. The summed E-state index contributed by atoms with van der Waals surface area (Å²) in [6, 6.07) is 8.65. The Balaban J connectivity index is 1.83. The van der Waals surface area contributed by atoms with Crippen molar-refractivity contribution in [2.45, 2.75) is 84.5 Å². The fourth-order valence-electron chi connectivity index (χ4n) is 3.34. The first kappa shape index (κ1) is 22.2. The number of aryl methyl sites for hydroxylation is 1. The van der Waals surface area contributed by atoms with Gasteiger partial charge in [0, 0.05) is 18.3 Å². The van der Waals surface area contributed by atoms with Gasteiger partial charge in [-0.25, -0.2) is 4.99 Å². The average molecular weight is 385 g/mol. The zero-order chi connectivity index (χ0) is 20.0. The second kappa shape index (κ2) is 13.1. The molecule has 28 heavy (non-hydrogen) atoms. The Bertz CT molecular complexity index is 652. The highest BCUT2D eigenvalue weighted by Crippen LogP contribution is 2.21. The number of rotatable bonds is 13. The van der Waals surface area contributed by atoms with Gasteiger partial charge in [-0.15, -0.1) is 0 Å². The van der Waals surface area contributed by atoms with E-state index in [1.165, 1.54) is 50.5 Å². The molecule has 1 aromatic carbocycles. The Morgan fingerprint density at radius 1 is 1.04 bits per heavy atom. The van der Waals surface area contributed by atoms with Gasteiger partial charge < -0.3 is 9.64 Å². The summed E-state index contributed by atoms with van der Waals surface area (Å²) in [5.41, 5.74) is 2.48. The van der Waals surface area contributed by atoms with Crippen LogP contribution in [-0.2, 0) is 16.0 Å². The van der Waals surface area contributed by atoms with Crippen LogP contribution in [0.5, 0.6) is 0 Å². The minimum Gasteiger partial charge on any atom is -0.406 e. The van der Waals surface area contributed by atoms with Crippen LogP contribution >= 0.6 is 0 Å². The lowest BCUT2D eigenvalue weighted by Gasteiger charge is -2.22. The molecule has 0 amide bonds. The predicted molar refractivity (Wildman–Crippen MR) is 118 cm³/mol. The van der Waals surface area contributed by atoms with E-state index in [9.17, 15) is 4.79 Å². The van der Waals surface area contributed by atoms with Crippen molar-refractivity contribution < 1.29 is 9.53 Å². The van der Waals surface area contributed by atoms with Crippen molar-refractivity contribution in [2.24, 2.45) is 4.99 Å². The Labute approximate surface area is 170 Å². The first-order valence-corrected chi connectivity index (χ1v) is 11.0. The van der Waals surface area contributed by atoms with Crippen LogP contribution in [0.4, 0.5) is 5.69 Å². The molecular weight excluding hydrogens is 348 g/mol. The Kier molecular flexibility index (Phi) is 10.4.